The zero-order valence-corrected chi connectivity index (χ0v) is 20.6. The minimum atomic E-state index is 0.000498. The molecule has 1 aliphatic heterocycles. The Morgan fingerprint density at radius 2 is 1.77 bits per heavy atom. The van der Waals surface area contributed by atoms with Gasteiger partial charge in [0.15, 0.2) is 5.65 Å². The summed E-state index contributed by atoms with van der Waals surface area (Å²) in [6.07, 6.45) is 6.19. The quantitative estimate of drug-likeness (QED) is 0.441. The molecule has 0 bridgehead atoms. The molecular weight excluding hydrogens is 436 g/mol. The summed E-state index contributed by atoms with van der Waals surface area (Å²) in [6.45, 7) is 7.83. The Kier molecular flexibility index (Phi) is 6.49. The molecule has 2 aromatic heterocycles. The Bertz CT molecular complexity index is 1300. The van der Waals surface area contributed by atoms with Gasteiger partial charge in [0.05, 0.1) is 17.1 Å². The molecule has 1 amide bonds. The Morgan fingerprint density at radius 1 is 1.06 bits per heavy atom. The number of aryl methyl sites for hydroxylation is 2. The van der Waals surface area contributed by atoms with Gasteiger partial charge in [-0.25, -0.2) is 14.6 Å². The third-order valence-electron chi connectivity index (χ3n) is 7.01. The lowest BCUT2D eigenvalue weighted by molar-refractivity contribution is -0.126. The Labute approximate surface area is 206 Å². The molecule has 35 heavy (non-hydrogen) atoms. The molecule has 0 unspecified atom stereocenters. The van der Waals surface area contributed by atoms with Crippen LogP contribution in [0.2, 0.25) is 0 Å². The fourth-order valence-corrected chi connectivity index (χ4v) is 4.72. The van der Waals surface area contributed by atoms with Crippen molar-refractivity contribution in [3.05, 3.63) is 77.7 Å². The number of benzene rings is 2. The van der Waals surface area contributed by atoms with Gasteiger partial charge in [-0.15, -0.1) is 5.10 Å². The summed E-state index contributed by atoms with van der Waals surface area (Å²) in [6, 6.07) is 16.8. The predicted molar refractivity (Wildman–Crippen MR) is 139 cm³/mol. The first kappa shape index (κ1) is 23.0. The molecule has 0 saturated carbocycles. The number of piperidine rings is 1. The number of carbonyl (C=O) groups is 1. The van der Waals surface area contributed by atoms with Gasteiger partial charge in [0.1, 0.15) is 12.1 Å². The monoisotopic (exact) mass is 468 g/mol. The van der Waals surface area contributed by atoms with Crippen LogP contribution in [0, 0.1) is 12.8 Å². The Morgan fingerprint density at radius 3 is 2.46 bits per heavy atom. The van der Waals surface area contributed by atoms with E-state index in [1.165, 1.54) is 11.1 Å². The molecule has 4 aromatic rings. The van der Waals surface area contributed by atoms with Gasteiger partial charge < -0.3 is 10.2 Å². The first-order valence-electron chi connectivity index (χ1n) is 12.4. The van der Waals surface area contributed by atoms with Gasteiger partial charge in [-0.1, -0.05) is 48.9 Å². The fraction of sp³-hybridized carbons (Fsp3) is 0.357. The van der Waals surface area contributed by atoms with Crippen molar-refractivity contribution in [2.24, 2.45) is 5.92 Å². The van der Waals surface area contributed by atoms with Crippen LogP contribution >= 0.6 is 0 Å². The molecule has 7 heteroatoms. The molecule has 2 aromatic carbocycles. The summed E-state index contributed by atoms with van der Waals surface area (Å²) in [4.78, 5) is 24.2. The van der Waals surface area contributed by atoms with Gasteiger partial charge in [-0.2, -0.15) is 0 Å². The summed E-state index contributed by atoms with van der Waals surface area (Å²) in [5.74, 6) is 1.03. The van der Waals surface area contributed by atoms with Crippen LogP contribution in [0.4, 0.5) is 5.82 Å². The molecule has 180 valence electrons. The normalized spacial score (nSPS) is 15.3. The maximum atomic E-state index is 13.0. The number of nitrogens with one attached hydrogen (secondary N) is 1. The van der Waals surface area contributed by atoms with E-state index in [0.29, 0.717) is 5.65 Å². The summed E-state index contributed by atoms with van der Waals surface area (Å²) in [7, 11) is 0. The molecule has 1 N–H and O–H groups in total. The van der Waals surface area contributed by atoms with Crippen LogP contribution in [0.1, 0.15) is 49.4 Å². The number of rotatable bonds is 6. The summed E-state index contributed by atoms with van der Waals surface area (Å²) in [5.41, 5.74) is 5.33. The van der Waals surface area contributed by atoms with E-state index < -0.39 is 0 Å². The number of aromatic nitrogens is 4. The number of hydrogen-bond donors (Lipinski definition) is 1. The molecule has 1 aliphatic rings. The van der Waals surface area contributed by atoms with E-state index >= 15 is 0 Å². The molecule has 1 atom stereocenters. The molecule has 1 fully saturated rings. The van der Waals surface area contributed by atoms with Gasteiger partial charge in [-0.05, 0) is 56.4 Å². The second kappa shape index (κ2) is 9.86. The number of nitrogens with zero attached hydrogens (tertiary/aromatic N) is 5. The van der Waals surface area contributed by atoms with Gasteiger partial charge in [-0.3, -0.25) is 4.79 Å². The molecule has 1 saturated heterocycles. The highest BCUT2D eigenvalue weighted by molar-refractivity contribution is 5.87. The van der Waals surface area contributed by atoms with E-state index in [1.54, 1.807) is 6.33 Å². The molecule has 0 spiro atoms. The standard InChI is InChI=1S/C28H32N6O/c1-4-21-7-9-22(10-8-21)20(3)31-28(35)23-13-15-33(16-14-23)27-25-17-34(32-26(25)29-18-30-27)24-11-5-19(2)6-12-24/h5-12,17-18,20,23H,4,13-16H2,1-3H3,(H,31,35)/t20-/m0/s1. The minimum absolute atomic E-state index is 0.000498. The maximum absolute atomic E-state index is 13.0. The number of amides is 1. The van der Waals surface area contributed by atoms with E-state index in [0.717, 1.165) is 54.8 Å². The highest BCUT2D eigenvalue weighted by Gasteiger charge is 2.28. The first-order valence-corrected chi connectivity index (χ1v) is 12.4. The van der Waals surface area contributed by atoms with Crippen molar-refractivity contribution < 1.29 is 4.79 Å². The summed E-state index contributed by atoms with van der Waals surface area (Å²) in [5, 5.41) is 8.81. The van der Waals surface area contributed by atoms with Crippen molar-refractivity contribution >= 4 is 22.8 Å². The van der Waals surface area contributed by atoms with E-state index in [4.69, 9.17) is 0 Å². The molecule has 0 radical (unpaired) electrons. The highest BCUT2D eigenvalue weighted by atomic mass is 16.1. The molecule has 3 heterocycles. The second-order valence-electron chi connectivity index (χ2n) is 9.43. The highest BCUT2D eigenvalue weighted by Crippen LogP contribution is 2.28. The number of carbonyl (C=O) groups excluding carboxylic acids is 1. The van der Waals surface area contributed by atoms with E-state index in [-0.39, 0.29) is 17.9 Å². The minimum Gasteiger partial charge on any atom is -0.356 e. The predicted octanol–water partition coefficient (Wildman–Crippen LogP) is 4.78. The lowest BCUT2D eigenvalue weighted by Gasteiger charge is -2.32. The summed E-state index contributed by atoms with van der Waals surface area (Å²) >= 11 is 0. The largest absolute Gasteiger partial charge is 0.356 e. The van der Waals surface area contributed by atoms with Crippen molar-refractivity contribution in [3.63, 3.8) is 0 Å². The third kappa shape index (κ3) is 4.90. The van der Waals surface area contributed by atoms with Gasteiger partial charge in [0.25, 0.3) is 0 Å². The van der Waals surface area contributed by atoms with Crippen LogP contribution in [-0.2, 0) is 11.2 Å². The first-order chi connectivity index (χ1) is 17.0. The van der Waals surface area contributed by atoms with Crippen molar-refractivity contribution in [2.75, 3.05) is 18.0 Å². The molecule has 5 rings (SSSR count). The lowest BCUT2D eigenvalue weighted by atomic mass is 9.95. The number of hydrogen-bond acceptors (Lipinski definition) is 5. The van der Waals surface area contributed by atoms with Crippen LogP contribution in [0.3, 0.4) is 0 Å². The van der Waals surface area contributed by atoms with Crippen LogP contribution in [0.15, 0.2) is 61.1 Å². The lowest BCUT2D eigenvalue weighted by Crippen LogP contribution is -2.41. The molecular formula is C28H32N6O. The smallest absolute Gasteiger partial charge is 0.223 e. The average Bonchev–Trinajstić information content (AvgIpc) is 3.34. The van der Waals surface area contributed by atoms with Crippen LogP contribution in [-0.4, -0.2) is 38.7 Å². The number of anilines is 1. The topological polar surface area (TPSA) is 75.9 Å². The van der Waals surface area contributed by atoms with E-state index in [1.807, 2.05) is 10.9 Å². The van der Waals surface area contributed by atoms with E-state index in [2.05, 4.69) is 94.6 Å². The van der Waals surface area contributed by atoms with Gasteiger partial charge in [0.2, 0.25) is 5.91 Å². The Hall–Kier alpha value is -3.74. The zero-order valence-electron chi connectivity index (χ0n) is 20.6. The van der Waals surface area contributed by atoms with Crippen molar-refractivity contribution in [2.45, 2.75) is 46.1 Å². The Balaban J connectivity index is 1.24. The van der Waals surface area contributed by atoms with Gasteiger partial charge >= 0.3 is 0 Å². The van der Waals surface area contributed by atoms with Gasteiger partial charge in [0, 0.05) is 25.2 Å². The van der Waals surface area contributed by atoms with Crippen molar-refractivity contribution in [1.82, 2.24) is 25.1 Å². The SMILES string of the molecule is CCc1ccc([C@H](C)NC(=O)C2CCN(c3ncnc4nn(-c5ccc(C)cc5)cc34)CC2)cc1. The fourth-order valence-electron chi connectivity index (χ4n) is 4.72. The second-order valence-corrected chi connectivity index (χ2v) is 9.43. The third-order valence-corrected chi connectivity index (χ3v) is 7.01. The van der Waals surface area contributed by atoms with Crippen LogP contribution in [0.25, 0.3) is 16.7 Å². The molecule has 0 aliphatic carbocycles. The zero-order chi connectivity index (χ0) is 24.4. The average molecular weight is 469 g/mol. The van der Waals surface area contributed by atoms with E-state index in [9.17, 15) is 4.79 Å². The van der Waals surface area contributed by atoms with Crippen LogP contribution in [0.5, 0.6) is 0 Å². The number of fused-ring (bicyclic) bond motifs is 1. The van der Waals surface area contributed by atoms with Crippen LogP contribution < -0.4 is 10.2 Å². The van der Waals surface area contributed by atoms with Crippen molar-refractivity contribution in [3.8, 4) is 5.69 Å². The maximum Gasteiger partial charge on any atom is 0.223 e. The molecule has 7 nitrogen and oxygen atoms in total. The summed E-state index contributed by atoms with van der Waals surface area (Å²) < 4.78 is 1.86. The van der Waals surface area contributed by atoms with Crippen molar-refractivity contribution in [1.29, 1.82) is 0 Å².